The highest BCUT2D eigenvalue weighted by Crippen LogP contribution is 2.32. The number of benzene rings is 1. The largest absolute Gasteiger partial charge is 0.364 e. The highest BCUT2D eigenvalue weighted by atomic mass is 16.5. The van der Waals surface area contributed by atoms with E-state index in [2.05, 4.69) is 15.4 Å². The number of carbonyl (C=O) groups excluding carboxylic acids is 2. The number of nitrogens with one attached hydrogen (secondary N) is 1. The number of H-pyrrole nitrogens is 1. The molecule has 8 heteroatoms. The Bertz CT molecular complexity index is 963. The Hall–Kier alpha value is -3.42. The summed E-state index contributed by atoms with van der Waals surface area (Å²) >= 11 is 0. The van der Waals surface area contributed by atoms with E-state index in [1.54, 1.807) is 17.0 Å². The van der Waals surface area contributed by atoms with Crippen LogP contribution < -0.4 is 5.73 Å². The third kappa shape index (κ3) is 3.33. The summed E-state index contributed by atoms with van der Waals surface area (Å²) in [5.41, 5.74) is 7.26. The summed E-state index contributed by atoms with van der Waals surface area (Å²) in [5, 5.41) is 10.7. The number of hydrogen-bond acceptors (Lipinski definition) is 5. The van der Waals surface area contributed by atoms with Crippen LogP contribution >= 0.6 is 0 Å². The number of primary amides is 1. The molecule has 1 aliphatic heterocycles. The molecule has 0 unspecified atom stereocenters. The van der Waals surface area contributed by atoms with E-state index < -0.39 is 5.91 Å². The molecule has 3 aromatic rings. The Morgan fingerprint density at radius 1 is 1.15 bits per heavy atom. The van der Waals surface area contributed by atoms with Gasteiger partial charge in [0, 0.05) is 18.2 Å². The number of rotatable bonds is 4. The van der Waals surface area contributed by atoms with Gasteiger partial charge in [0.05, 0.1) is 11.7 Å². The lowest BCUT2D eigenvalue weighted by atomic mass is 9.98. The molecule has 0 bridgehead atoms. The predicted octanol–water partition coefficient (Wildman–Crippen LogP) is 2.53. The Balaban J connectivity index is 1.59. The molecule has 3 heterocycles. The Kier molecular flexibility index (Phi) is 4.45. The van der Waals surface area contributed by atoms with Gasteiger partial charge in [0.1, 0.15) is 5.69 Å². The van der Waals surface area contributed by atoms with Crippen LogP contribution in [0.1, 0.15) is 52.0 Å². The normalized spacial score (nSPS) is 17.0. The van der Waals surface area contributed by atoms with Gasteiger partial charge in [-0.25, -0.2) is 0 Å². The second-order valence-corrected chi connectivity index (χ2v) is 6.53. The lowest BCUT2D eigenvalue weighted by Crippen LogP contribution is -2.38. The van der Waals surface area contributed by atoms with Crippen LogP contribution in [0.5, 0.6) is 0 Å². The van der Waals surface area contributed by atoms with Gasteiger partial charge in [-0.15, -0.1) is 0 Å². The van der Waals surface area contributed by atoms with E-state index >= 15 is 0 Å². The van der Waals surface area contributed by atoms with E-state index in [1.165, 1.54) is 0 Å². The fourth-order valence-electron chi connectivity index (χ4n) is 3.39. The average Bonchev–Trinajstić information content (AvgIpc) is 3.38. The number of aromatic amines is 1. The van der Waals surface area contributed by atoms with Gasteiger partial charge in [-0.2, -0.15) is 5.10 Å². The van der Waals surface area contributed by atoms with Gasteiger partial charge in [0.2, 0.25) is 0 Å². The molecule has 1 fully saturated rings. The molecule has 0 radical (unpaired) electrons. The number of likely N-dealkylation sites (tertiary alicyclic amines) is 1. The minimum absolute atomic E-state index is 0.163. The van der Waals surface area contributed by atoms with Gasteiger partial charge in [-0.3, -0.25) is 14.7 Å². The highest BCUT2D eigenvalue weighted by molar-refractivity contribution is 5.93. The summed E-state index contributed by atoms with van der Waals surface area (Å²) in [6, 6.07) is 12.6. The van der Waals surface area contributed by atoms with Crippen LogP contribution in [0.2, 0.25) is 0 Å². The summed E-state index contributed by atoms with van der Waals surface area (Å²) in [7, 11) is 0. The first kappa shape index (κ1) is 17.0. The van der Waals surface area contributed by atoms with Crippen molar-refractivity contribution in [2.75, 3.05) is 6.54 Å². The molecule has 27 heavy (non-hydrogen) atoms. The Morgan fingerprint density at radius 2 is 1.96 bits per heavy atom. The number of piperidine rings is 1. The van der Waals surface area contributed by atoms with E-state index in [4.69, 9.17) is 10.3 Å². The average molecular weight is 365 g/mol. The van der Waals surface area contributed by atoms with Crippen molar-refractivity contribution in [3.8, 4) is 11.3 Å². The van der Waals surface area contributed by atoms with Crippen LogP contribution in [0.25, 0.3) is 11.3 Å². The fraction of sp³-hybridized carbons (Fsp3) is 0.263. The molecule has 1 aliphatic rings. The first-order valence-electron chi connectivity index (χ1n) is 8.81. The lowest BCUT2D eigenvalue weighted by Gasteiger charge is -2.34. The molecule has 138 valence electrons. The molecular formula is C19H19N5O3. The monoisotopic (exact) mass is 365 g/mol. The van der Waals surface area contributed by atoms with Gasteiger partial charge >= 0.3 is 0 Å². The lowest BCUT2D eigenvalue weighted by molar-refractivity contribution is 0.0595. The number of carbonyl (C=O) groups is 2. The number of aromatic nitrogens is 3. The smallest absolute Gasteiger partial charge is 0.276 e. The van der Waals surface area contributed by atoms with Gasteiger partial charge < -0.3 is 15.2 Å². The molecule has 0 aliphatic carbocycles. The zero-order valence-corrected chi connectivity index (χ0v) is 14.6. The number of nitrogens with zero attached hydrogens (tertiary/aromatic N) is 3. The van der Waals surface area contributed by atoms with Crippen molar-refractivity contribution in [3.63, 3.8) is 0 Å². The fourth-order valence-corrected chi connectivity index (χ4v) is 3.39. The van der Waals surface area contributed by atoms with Crippen molar-refractivity contribution in [2.45, 2.75) is 25.3 Å². The van der Waals surface area contributed by atoms with Crippen molar-refractivity contribution in [2.24, 2.45) is 5.73 Å². The molecule has 1 atom stereocenters. The summed E-state index contributed by atoms with van der Waals surface area (Å²) in [6.45, 7) is 0.599. The molecule has 0 saturated carbocycles. The van der Waals surface area contributed by atoms with Gasteiger partial charge in [0.15, 0.2) is 11.5 Å². The molecular weight excluding hydrogens is 346 g/mol. The molecule has 1 aromatic carbocycles. The second-order valence-electron chi connectivity index (χ2n) is 6.53. The van der Waals surface area contributed by atoms with E-state index in [9.17, 15) is 9.59 Å². The second kappa shape index (κ2) is 7.06. The van der Waals surface area contributed by atoms with E-state index in [1.807, 2.05) is 30.3 Å². The minimum atomic E-state index is -0.602. The van der Waals surface area contributed by atoms with Crippen LogP contribution in [0.4, 0.5) is 0 Å². The summed E-state index contributed by atoms with van der Waals surface area (Å²) in [6.07, 6.45) is 2.66. The number of hydrogen-bond donors (Lipinski definition) is 2. The third-order valence-electron chi connectivity index (χ3n) is 4.76. The molecule has 1 saturated heterocycles. The Morgan fingerprint density at radius 3 is 2.70 bits per heavy atom. The van der Waals surface area contributed by atoms with E-state index in [0.717, 1.165) is 24.8 Å². The van der Waals surface area contributed by atoms with Crippen LogP contribution in [0.15, 0.2) is 47.0 Å². The quantitative estimate of drug-likeness (QED) is 0.736. The molecule has 2 aromatic heterocycles. The van der Waals surface area contributed by atoms with E-state index in [-0.39, 0.29) is 23.3 Å². The standard InChI is InChI=1S/C19H19N5O3/c20-18(25)14-10-13(21-22-14)16-8-4-5-9-24(16)19(26)15-11-17(27-23-15)12-6-2-1-3-7-12/h1-3,6-7,10-11,16H,4-5,8-9H2,(H2,20,25)(H,21,22)/t16-/m1/s1. The van der Waals surface area contributed by atoms with Crippen LogP contribution in [0, 0.1) is 0 Å². The van der Waals surface area contributed by atoms with Crippen LogP contribution in [0.3, 0.4) is 0 Å². The predicted molar refractivity (Wildman–Crippen MR) is 96.7 cm³/mol. The van der Waals surface area contributed by atoms with Crippen LogP contribution in [-0.2, 0) is 0 Å². The number of amides is 2. The maximum atomic E-state index is 13.0. The Labute approximate surface area is 155 Å². The molecule has 4 rings (SSSR count). The minimum Gasteiger partial charge on any atom is -0.364 e. The third-order valence-corrected chi connectivity index (χ3v) is 4.76. The molecule has 8 nitrogen and oxygen atoms in total. The SMILES string of the molecule is NC(=O)c1cc([C@H]2CCCCN2C(=O)c2cc(-c3ccccc3)on2)[nH]n1. The van der Waals surface area contributed by atoms with Crippen molar-refractivity contribution in [1.82, 2.24) is 20.3 Å². The molecule has 0 spiro atoms. The van der Waals surface area contributed by atoms with Crippen molar-refractivity contribution in [3.05, 3.63) is 59.5 Å². The maximum absolute atomic E-state index is 13.0. The van der Waals surface area contributed by atoms with Gasteiger partial charge in [0.25, 0.3) is 11.8 Å². The molecule has 2 amide bonds. The van der Waals surface area contributed by atoms with Crippen molar-refractivity contribution in [1.29, 1.82) is 0 Å². The summed E-state index contributed by atoms with van der Waals surface area (Å²) < 4.78 is 5.36. The number of nitrogens with two attached hydrogens (primary N) is 1. The first-order valence-corrected chi connectivity index (χ1v) is 8.81. The topological polar surface area (TPSA) is 118 Å². The zero-order chi connectivity index (χ0) is 18.8. The molecule has 3 N–H and O–H groups in total. The van der Waals surface area contributed by atoms with Gasteiger partial charge in [-0.1, -0.05) is 35.5 Å². The highest BCUT2D eigenvalue weighted by Gasteiger charge is 2.32. The van der Waals surface area contributed by atoms with Crippen molar-refractivity contribution >= 4 is 11.8 Å². The summed E-state index contributed by atoms with van der Waals surface area (Å²) in [5.74, 6) is -0.263. The van der Waals surface area contributed by atoms with Gasteiger partial charge in [-0.05, 0) is 25.3 Å². The van der Waals surface area contributed by atoms with E-state index in [0.29, 0.717) is 18.0 Å². The maximum Gasteiger partial charge on any atom is 0.276 e. The van der Waals surface area contributed by atoms with Crippen LogP contribution in [-0.4, -0.2) is 38.6 Å². The van der Waals surface area contributed by atoms with Crippen molar-refractivity contribution < 1.29 is 14.1 Å². The zero-order valence-electron chi connectivity index (χ0n) is 14.6. The first-order chi connectivity index (χ1) is 13.1. The summed E-state index contributed by atoms with van der Waals surface area (Å²) in [4.78, 5) is 26.1.